The Bertz CT molecular complexity index is 452. The number of nitrogens with one attached hydrogen (secondary N) is 1. The SMILES string of the molecule is CN1CCC(CNC2=NCC(c3ccccc3)S2)CC1. The predicted octanol–water partition coefficient (Wildman–Crippen LogP) is 2.76. The number of piperidine rings is 1. The molecule has 4 heteroatoms. The molecule has 1 fully saturated rings. The lowest BCUT2D eigenvalue weighted by molar-refractivity contribution is 0.220. The molecule has 2 aliphatic heterocycles. The quantitative estimate of drug-likeness (QED) is 0.927. The van der Waals surface area contributed by atoms with Crippen LogP contribution in [0.5, 0.6) is 0 Å². The van der Waals surface area contributed by atoms with Crippen LogP contribution in [0.3, 0.4) is 0 Å². The van der Waals surface area contributed by atoms with Crippen LogP contribution in [0.2, 0.25) is 0 Å². The molecule has 2 aliphatic rings. The van der Waals surface area contributed by atoms with Gasteiger partial charge in [0.05, 0.1) is 11.8 Å². The van der Waals surface area contributed by atoms with Gasteiger partial charge in [-0.05, 0) is 44.5 Å². The van der Waals surface area contributed by atoms with Gasteiger partial charge in [0.15, 0.2) is 5.17 Å². The largest absolute Gasteiger partial charge is 0.365 e. The van der Waals surface area contributed by atoms with Crippen LogP contribution in [0, 0.1) is 5.92 Å². The number of benzene rings is 1. The van der Waals surface area contributed by atoms with Crippen molar-refractivity contribution in [2.45, 2.75) is 18.1 Å². The van der Waals surface area contributed by atoms with Gasteiger partial charge in [0.2, 0.25) is 0 Å². The van der Waals surface area contributed by atoms with Crippen LogP contribution in [-0.2, 0) is 0 Å². The molecule has 0 aromatic heterocycles. The Hall–Kier alpha value is -1.00. The van der Waals surface area contributed by atoms with E-state index < -0.39 is 0 Å². The van der Waals surface area contributed by atoms with Crippen molar-refractivity contribution in [3.05, 3.63) is 35.9 Å². The number of rotatable bonds is 3. The second-order valence-corrected chi connectivity index (χ2v) is 6.98. The van der Waals surface area contributed by atoms with Gasteiger partial charge in [0, 0.05) is 6.54 Å². The third-order valence-corrected chi connectivity index (χ3v) is 5.41. The van der Waals surface area contributed by atoms with Crippen molar-refractivity contribution in [1.82, 2.24) is 10.2 Å². The van der Waals surface area contributed by atoms with Gasteiger partial charge in [-0.1, -0.05) is 42.1 Å². The highest BCUT2D eigenvalue weighted by atomic mass is 32.2. The minimum Gasteiger partial charge on any atom is -0.365 e. The Morgan fingerprint density at radius 2 is 2.00 bits per heavy atom. The summed E-state index contributed by atoms with van der Waals surface area (Å²) >= 11 is 1.88. The van der Waals surface area contributed by atoms with Gasteiger partial charge in [-0.15, -0.1) is 0 Å². The fourth-order valence-corrected chi connectivity index (χ4v) is 3.84. The third kappa shape index (κ3) is 3.55. The van der Waals surface area contributed by atoms with Crippen molar-refractivity contribution in [2.75, 3.05) is 33.2 Å². The molecule has 1 unspecified atom stereocenters. The maximum absolute atomic E-state index is 4.65. The van der Waals surface area contributed by atoms with E-state index in [4.69, 9.17) is 0 Å². The maximum atomic E-state index is 4.65. The first-order chi connectivity index (χ1) is 9.81. The third-order valence-electron chi connectivity index (χ3n) is 4.21. The molecule has 1 atom stereocenters. The van der Waals surface area contributed by atoms with Crippen LogP contribution in [0.4, 0.5) is 0 Å². The Morgan fingerprint density at radius 3 is 2.75 bits per heavy atom. The maximum Gasteiger partial charge on any atom is 0.157 e. The first kappa shape index (κ1) is 14.0. The molecule has 1 N–H and O–H groups in total. The van der Waals surface area contributed by atoms with Crippen molar-refractivity contribution in [3.8, 4) is 0 Å². The van der Waals surface area contributed by atoms with E-state index in [9.17, 15) is 0 Å². The summed E-state index contributed by atoms with van der Waals surface area (Å²) in [4.78, 5) is 7.07. The highest BCUT2D eigenvalue weighted by Crippen LogP contribution is 2.34. The molecule has 108 valence electrons. The highest BCUT2D eigenvalue weighted by molar-refractivity contribution is 8.14. The van der Waals surface area contributed by atoms with Crippen molar-refractivity contribution in [1.29, 1.82) is 0 Å². The summed E-state index contributed by atoms with van der Waals surface area (Å²) in [6.07, 6.45) is 2.62. The van der Waals surface area contributed by atoms with Crippen LogP contribution in [0.15, 0.2) is 35.3 Å². The molecule has 3 rings (SSSR count). The first-order valence-corrected chi connectivity index (χ1v) is 8.37. The molecule has 0 bridgehead atoms. The van der Waals surface area contributed by atoms with Gasteiger partial charge in [-0.2, -0.15) is 0 Å². The normalized spacial score (nSPS) is 24.6. The summed E-state index contributed by atoms with van der Waals surface area (Å²) in [6.45, 7) is 4.46. The monoisotopic (exact) mass is 289 g/mol. The van der Waals surface area contributed by atoms with Crippen molar-refractivity contribution < 1.29 is 0 Å². The molecule has 0 amide bonds. The van der Waals surface area contributed by atoms with Crippen LogP contribution >= 0.6 is 11.8 Å². The molecule has 3 nitrogen and oxygen atoms in total. The highest BCUT2D eigenvalue weighted by Gasteiger charge is 2.22. The topological polar surface area (TPSA) is 27.6 Å². The van der Waals surface area contributed by atoms with Gasteiger partial charge in [-0.3, -0.25) is 4.99 Å². The minimum absolute atomic E-state index is 0.496. The number of hydrogen-bond acceptors (Lipinski definition) is 4. The lowest BCUT2D eigenvalue weighted by Crippen LogP contribution is -2.36. The summed E-state index contributed by atoms with van der Waals surface area (Å²) in [5.41, 5.74) is 1.39. The lowest BCUT2D eigenvalue weighted by Gasteiger charge is -2.29. The zero-order valence-electron chi connectivity index (χ0n) is 12.1. The molecular formula is C16H23N3S. The van der Waals surface area contributed by atoms with Crippen LogP contribution in [-0.4, -0.2) is 43.3 Å². The molecule has 0 saturated carbocycles. The Morgan fingerprint density at radius 1 is 1.25 bits per heavy atom. The second kappa shape index (κ2) is 6.64. The van der Waals surface area contributed by atoms with E-state index in [1.54, 1.807) is 0 Å². The van der Waals surface area contributed by atoms with Gasteiger partial charge < -0.3 is 10.2 Å². The zero-order valence-corrected chi connectivity index (χ0v) is 12.9. The fraction of sp³-hybridized carbons (Fsp3) is 0.562. The van der Waals surface area contributed by atoms with Gasteiger partial charge in [0.25, 0.3) is 0 Å². The molecule has 0 spiro atoms. The average molecular weight is 289 g/mol. The van der Waals surface area contributed by atoms with E-state index in [2.05, 4.69) is 52.6 Å². The van der Waals surface area contributed by atoms with E-state index in [1.165, 1.54) is 31.5 Å². The fourth-order valence-electron chi connectivity index (χ4n) is 2.81. The molecule has 1 aromatic rings. The molecule has 20 heavy (non-hydrogen) atoms. The van der Waals surface area contributed by atoms with E-state index in [0.29, 0.717) is 5.25 Å². The first-order valence-electron chi connectivity index (χ1n) is 7.50. The Labute approximate surface area is 125 Å². The van der Waals surface area contributed by atoms with E-state index in [0.717, 1.165) is 24.2 Å². The van der Waals surface area contributed by atoms with Gasteiger partial charge in [-0.25, -0.2) is 0 Å². The molecule has 2 heterocycles. The lowest BCUT2D eigenvalue weighted by atomic mass is 9.97. The van der Waals surface area contributed by atoms with Gasteiger partial charge in [0.1, 0.15) is 0 Å². The Balaban J connectivity index is 1.44. The number of likely N-dealkylation sites (tertiary alicyclic amines) is 1. The number of nitrogens with zero attached hydrogens (tertiary/aromatic N) is 2. The predicted molar refractivity (Wildman–Crippen MR) is 87.3 cm³/mol. The van der Waals surface area contributed by atoms with Crippen molar-refractivity contribution in [3.63, 3.8) is 0 Å². The summed E-state index contributed by atoms with van der Waals surface area (Å²) in [5, 5.41) is 5.19. The van der Waals surface area contributed by atoms with Crippen molar-refractivity contribution >= 4 is 16.9 Å². The molecule has 1 saturated heterocycles. The summed E-state index contributed by atoms with van der Waals surface area (Å²) in [6, 6.07) is 10.7. The molecule has 1 aromatic carbocycles. The zero-order chi connectivity index (χ0) is 13.8. The number of thioether (sulfide) groups is 1. The van der Waals surface area contributed by atoms with Crippen LogP contribution in [0.25, 0.3) is 0 Å². The number of aliphatic imine (C=N–C) groups is 1. The molecular weight excluding hydrogens is 266 g/mol. The minimum atomic E-state index is 0.496. The standard InChI is InChI=1S/C16H23N3S/c1-19-9-7-13(8-10-19)11-17-16-18-12-15(20-16)14-5-3-2-4-6-14/h2-6,13,15H,7-12H2,1H3,(H,17,18). The smallest absolute Gasteiger partial charge is 0.157 e. The second-order valence-electron chi connectivity index (χ2n) is 5.79. The summed E-state index contributed by atoms with van der Waals surface area (Å²) in [5.74, 6) is 0.810. The van der Waals surface area contributed by atoms with E-state index in [1.807, 2.05) is 11.8 Å². The summed E-state index contributed by atoms with van der Waals surface area (Å²) < 4.78 is 0. The summed E-state index contributed by atoms with van der Waals surface area (Å²) in [7, 11) is 2.21. The number of amidine groups is 1. The number of hydrogen-bond donors (Lipinski definition) is 1. The van der Waals surface area contributed by atoms with Crippen molar-refractivity contribution in [2.24, 2.45) is 10.9 Å². The Kier molecular flexibility index (Phi) is 4.63. The van der Waals surface area contributed by atoms with E-state index >= 15 is 0 Å². The molecule has 0 aliphatic carbocycles. The molecule has 0 radical (unpaired) electrons. The van der Waals surface area contributed by atoms with Gasteiger partial charge >= 0.3 is 0 Å². The average Bonchev–Trinajstić information content (AvgIpc) is 2.97. The van der Waals surface area contributed by atoms with E-state index in [-0.39, 0.29) is 0 Å². The van der Waals surface area contributed by atoms with Crippen LogP contribution < -0.4 is 5.32 Å². The van der Waals surface area contributed by atoms with Crippen LogP contribution in [0.1, 0.15) is 23.7 Å².